The van der Waals surface area contributed by atoms with Crippen molar-refractivity contribution in [2.45, 2.75) is 45.4 Å². The molecule has 6 heteroatoms. The van der Waals surface area contributed by atoms with Crippen LogP contribution in [0.4, 0.5) is 5.69 Å². The highest BCUT2D eigenvalue weighted by molar-refractivity contribution is 7.89. The van der Waals surface area contributed by atoms with Crippen LogP contribution in [0.25, 0.3) is 0 Å². The molecule has 1 aromatic rings. The van der Waals surface area contributed by atoms with Gasteiger partial charge in [-0.2, -0.15) is 0 Å². The van der Waals surface area contributed by atoms with E-state index in [9.17, 15) is 13.2 Å². The summed E-state index contributed by atoms with van der Waals surface area (Å²) in [7, 11) is -3.73. The van der Waals surface area contributed by atoms with Crippen molar-refractivity contribution in [3.05, 3.63) is 23.3 Å². The highest BCUT2D eigenvalue weighted by Gasteiger charge is 2.14. The first-order chi connectivity index (χ1) is 9.11. The van der Waals surface area contributed by atoms with Gasteiger partial charge in [-0.15, -0.1) is 0 Å². The number of nitrogens with one attached hydrogen (secondary N) is 1. The van der Waals surface area contributed by atoms with Crippen LogP contribution in [0.15, 0.2) is 17.0 Å². The van der Waals surface area contributed by atoms with Crippen LogP contribution in [0.5, 0.6) is 0 Å². The molecule has 20 heavy (non-hydrogen) atoms. The third kappa shape index (κ3) is 4.61. The van der Waals surface area contributed by atoms with E-state index >= 15 is 0 Å². The fourth-order valence-corrected chi connectivity index (χ4v) is 2.59. The van der Waals surface area contributed by atoms with Gasteiger partial charge < -0.3 is 5.32 Å². The van der Waals surface area contributed by atoms with E-state index in [0.717, 1.165) is 6.42 Å². The lowest BCUT2D eigenvalue weighted by molar-refractivity contribution is -0.116. The molecule has 1 aromatic carbocycles. The van der Waals surface area contributed by atoms with Crippen molar-refractivity contribution < 1.29 is 13.2 Å². The van der Waals surface area contributed by atoms with Crippen LogP contribution in [0.3, 0.4) is 0 Å². The summed E-state index contributed by atoms with van der Waals surface area (Å²) in [5.41, 5.74) is 2.03. The zero-order valence-corrected chi connectivity index (χ0v) is 13.2. The fraction of sp³-hybridized carbons (Fsp3) is 0.500. The summed E-state index contributed by atoms with van der Waals surface area (Å²) in [6.45, 7) is 7.62. The molecule has 0 aliphatic carbocycles. The average Bonchev–Trinajstić information content (AvgIpc) is 2.29. The van der Waals surface area contributed by atoms with Gasteiger partial charge in [0.25, 0.3) is 0 Å². The summed E-state index contributed by atoms with van der Waals surface area (Å²) in [6.07, 6.45) is 1.27. The van der Waals surface area contributed by atoms with Gasteiger partial charge in [0.1, 0.15) is 0 Å². The summed E-state index contributed by atoms with van der Waals surface area (Å²) in [5.74, 6) is 0.404. The number of sulfonamides is 1. The van der Waals surface area contributed by atoms with E-state index < -0.39 is 10.0 Å². The van der Waals surface area contributed by atoms with Crippen LogP contribution in [-0.2, 0) is 14.8 Å². The van der Waals surface area contributed by atoms with E-state index in [0.29, 0.717) is 29.2 Å². The molecule has 0 bridgehead atoms. The van der Waals surface area contributed by atoms with E-state index in [2.05, 4.69) is 19.2 Å². The van der Waals surface area contributed by atoms with Crippen molar-refractivity contribution in [1.82, 2.24) is 0 Å². The van der Waals surface area contributed by atoms with Gasteiger partial charge in [-0.25, -0.2) is 13.6 Å². The Kier molecular flexibility index (Phi) is 5.30. The molecule has 1 rings (SSSR count). The molecule has 0 radical (unpaired) electrons. The number of rotatable bonds is 5. The quantitative estimate of drug-likeness (QED) is 0.874. The standard InChI is InChI=1S/C14H22N2O3S/c1-9(2)5-6-13(17)16-14-10(3)7-12(8-11(14)4)20(15,18)19/h7-9H,5-6H2,1-4H3,(H,16,17)(H2,15,18,19). The zero-order valence-electron chi connectivity index (χ0n) is 12.4. The Morgan fingerprint density at radius 2 is 1.75 bits per heavy atom. The van der Waals surface area contributed by atoms with Gasteiger partial charge in [0, 0.05) is 12.1 Å². The summed E-state index contributed by atoms with van der Waals surface area (Å²) in [5, 5.41) is 7.95. The van der Waals surface area contributed by atoms with Crippen LogP contribution in [0.1, 0.15) is 37.8 Å². The normalized spacial score (nSPS) is 11.7. The molecular formula is C14H22N2O3S. The maximum atomic E-state index is 11.8. The molecule has 5 nitrogen and oxygen atoms in total. The smallest absolute Gasteiger partial charge is 0.238 e. The van der Waals surface area contributed by atoms with Gasteiger partial charge in [-0.1, -0.05) is 13.8 Å². The number of hydrogen-bond acceptors (Lipinski definition) is 3. The molecule has 0 saturated carbocycles. The van der Waals surface area contributed by atoms with Crippen LogP contribution in [-0.4, -0.2) is 14.3 Å². The minimum atomic E-state index is -3.73. The van der Waals surface area contributed by atoms with Crippen molar-refractivity contribution in [1.29, 1.82) is 0 Å². The molecule has 0 aliphatic heterocycles. The fourth-order valence-electron chi connectivity index (χ4n) is 1.91. The number of primary sulfonamides is 1. The van der Waals surface area contributed by atoms with Crippen LogP contribution < -0.4 is 10.5 Å². The van der Waals surface area contributed by atoms with Crippen molar-refractivity contribution >= 4 is 21.6 Å². The monoisotopic (exact) mass is 298 g/mol. The molecule has 0 unspecified atom stereocenters. The first-order valence-electron chi connectivity index (χ1n) is 6.55. The second kappa shape index (κ2) is 6.37. The minimum Gasteiger partial charge on any atom is -0.326 e. The van der Waals surface area contributed by atoms with Crippen molar-refractivity contribution in [2.24, 2.45) is 11.1 Å². The number of carbonyl (C=O) groups is 1. The predicted molar refractivity (Wildman–Crippen MR) is 80.0 cm³/mol. The maximum absolute atomic E-state index is 11.8. The molecule has 0 aliphatic rings. The third-order valence-corrected chi connectivity index (χ3v) is 3.94. The Morgan fingerprint density at radius 3 is 2.15 bits per heavy atom. The van der Waals surface area contributed by atoms with Crippen molar-refractivity contribution in [3.63, 3.8) is 0 Å². The number of carbonyl (C=O) groups excluding carboxylic acids is 1. The molecule has 0 saturated heterocycles. The number of aryl methyl sites for hydroxylation is 2. The average molecular weight is 298 g/mol. The first-order valence-corrected chi connectivity index (χ1v) is 8.09. The Hall–Kier alpha value is -1.40. The minimum absolute atomic E-state index is 0.0618. The second-order valence-corrected chi connectivity index (χ2v) is 7.02. The molecule has 0 atom stereocenters. The van der Waals surface area contributed by atoms with Crippen LogP contribution in [0, 0.1) is 19.8 Å². The Morgan fingerprint density at radius 1 is 1.25 bits per heavy atom. The Labute approximate surface area is 120 Å². The van der Waals surface area contributed by atoms with E-state index in [1.165, 1.54) is 12.1 Å². The highest BCUT2D eigenvalue weighted by Crippen LogP contribution is 2.24. The molecule has 0 spiro atoms. The number of hydrogen-bond donors (Lipinski definition) is 2. The SMILES string of the molecule is Cc1cc(S(N)(=O)=O)cc(C)c1NC(=O)CCC(C)C. The lowest BCUT2D eigenvalue weighted by Crippen LogP contribution is -2.16. The van der Waals surface area contributed by atoms with E-state index in [4.69, 9.17) is 5.14 Å². The van der Waals surface area contributed by atoms with Crippen LogP contribution >= 0.6 is 0 Å². The van der Waals surface area contributed by atoms with Crippen molar-refractivity contribution in [3.8, 4) is 0 Å². The molecule has 0 aromatic heterocycles. The summed E-state index contributed by atoms with van der Waals surface area (Å²) in [6, 6.07) is 2.95. The number of anilines is 1. The maximum Gasteiger partial charge on any atom is 0.238 e. The molecular weight excluding hydrogens is 276 g/mol. The predicted octanol–water partition coefficient (Wildman–Crippen LogP) is 2.33. The van der Waals surface area contributed by atoms with E-state index in [-0.39, 0.29) is 10.8 Å². The highest BCUT2D eigenvalue weighted by atomic mass is 32.2. The zero-order chi connectivity index (χ0) is 15.5. The largest absolute Gasteiger partial charge is 0.326 e. The third-order valence-electron chi connectivity index (χ3n) is 3.05. The number of nitrogens with two attached hydrogens (primary N) is 1. The van der Waals surface area contributed by atoms with Gasteiger partial charge in [-0.3, -0.25) is 4.79 Å². The molecule has 1 amide bonds. The van der Waals surface area contributed by atoms with E-state index in [1.807, 2.05) is 0 Å². The topological polar surface area (TPSA) is 89.3 Å². The van der Waals surface area contributed by atoms with Gasteiger partial charge in [0.15, 0.2) is 0 Å². The van der Waals surface area contributed by atoms with Crippen molar-refractivity contribution in [2.75, 3.05) is 5.32 Å². The lowest BCUT2D eigenvalue weighted by atomic mass is 10.1. The second-order valence-electron chi connectivity index (χ2n) is 5.46. The molecule has 0 heterocycles. The van der Waals surface area contributed by atoms with E-state index in [1.54, 1.807) is 13.8 Å². The summed E-state index contributed by atoms with van der Waals surface area (Å²) in [4.78, 5) is 11.9. The van der Waals surface area contributed by atoms with Crippen LogP contribution in [0.2, 0.25) is 0 Å². The number of benzene rings is 1. The lowest BCUT2D eigenvalue weighted by Gasteiger charge is -2.13. The number of amides is 1. The molecule has 0 fully saturated rings. The molecule has 3 N–H and O–H groups in total. The first kappa shape index (κ1) is 16.7. The summed E-state index contributed by atoms with van der Waals surface area (Å²) >= 11 is 0. The van der Waals surface area contributed by atoms with Gasteiger partial charge in [0.2, 0.25) is 15.9 Å². The summed E-state index contributed by atoms with van der Waals surface area (Å²) < 4.78 is 22.7. The Bertz CT molecular complexity index is 584. The molecule has 112 valence electrons. The van der Waals surface area contributed by atoms with Gasteiger partial charge >= 0.3 is 0 Å². The van der Waals surface area contributed by atoms with Gasteiger partial charge in [0.05, 0.1) is 4.90 Å². The van der Waals surface area contributed by atoms with Gasteiger partial charge in [-0.05, 0) is 49.4 Å². The Balaban J connectivity index is 2.95.